The van der Waals surface area contributed by atoms with Gasteiger partial charge in [-0.3, -0.25) is 24.4 Å². The summed E-state index contributed by atoms with van der Waals surface area (Å²) in [6.07, 6.45) is 7.69. The van der Waals surface area contributed by atoms with E-state index in [-0.39, 0.29) is 17.6 Å². The van der Waals surface area contributed by atoms with Crippen molar-refractivity contribution in [2.24, 2.45) is 0 Å². The topological polar surface area (TPSA) is 113 Å². The average Bonchev–Trinajstić information content (AvgIpc) is 3.20. The van der Waals surface area contributed by atoms with Crippen LogP contribution in [0.4, 0.5) is 0 Å². The van der Waals surface area contributed by atoms with Crippen molar-refractivity contribution in [1.29, 1.82) is 5.26 Å². The Hall–Kier alpha value is -3.70. The summed E-state index contributed by atoms with van der Waals surface area (Å²) in [5, 5.41) is 14.6. The SMILES string of the molecule is N#Cc1ccc(-c2cn(Cc3ccc(C(=O)NCCC4CCCCO4)cn3)[nH]c2=O)cc1. The number of amides is 1. The Bertz CT molecular complexity index is 1150. The Labute approximate surface area is 185 Å². The number of aromatic amines is 1. The minimum absolute atomic E-state index is 0.155. The van der Waals surface area contributed by atoms with Crippen LogP contribution in [0.25, 0.3) is 11.1 Å². The van der Waals surface area contributed by atoms with Crippen LogP contribution in [-0.4, -0.2) is 39.9 Å². The van der Waals surface area contributed by atoms with Crippen LogP contribution in [0.15, 0.2) is 53.6 Å². The first-order valence-corrected chi connectivity index (χ1v) is 10.8. The normalized spacial score (nSPS) is 15.8. The highest BCUT2D eigenvalue weighted by Gasteiger charge is 2.14. The van der Waals surface area contributed by atoms with E-state index in [4.69, 9.17) is 10.00 Å². The molecule has 2 N–H and O–H groups in total. The number of nitrogens with one attached hydrogen (secondary N) is 2. The van der Waals surface area contributed by atoms with Crippen molar-refractivity contribution in [2.45, 2.75) is 38.3 Å². The fraction of sp³-hybridized carbons (Fsp3) is 0.333. The maximum atomic E-state index is 12.3. The first-order chi connectivity index (χ1) is 15.6. The predicted octanol–water partition coefficient (Wildman–Crippen LogP) is 2.85. The number of pyridine rings is 1. The minimum atomic E-state index is -0.215. The van der Waals surface area contributed by atoms with Gasteiger partial charge in [0.1, 0.15) is 0 Å². The first-order valence-electron chi connectivity index (χ1n) is 10.8. The second kappa shape index (κ2) is 10.1. The third-order valence-electron chi connectivity index (χ3n) is 5.54. The number of H-pyrrole nitrogens is 1. The molecule has 1 aliphatic rings. The molecule has 1 saturated heterocycles. The molecule has 0 aliphatic carbocycles. The number of benzene rings is 1. The minimum Gasteiger partial charge on any atom is -0.378 e. The second-order valence-electron chi connectivity index (χ2n) is 7.87. The lowest BCUT2D eigenvalue weighted by Crippen LogP contribution is -2.29. The predicted molar refractivity (Wildman–Crippen MR) is 119 cm³/mol. The lowest BCUT2D eigenvalue weighted by Gasteiger charge is -2.22. The highest BCUT2D eigenvalue weighted by atomic mass is 16.5. The molecule has 3 heterocycles. The van der Waals surface area contributed by atoms with Gasteiger partial charge in [-0.15, -0.1) is 0 Å². The Morgan fingerprint density at radius 2 is 2.09 bits per heavy atom. The lowest BCUT2D eigenvalue weighted by atomic mass is 10.1. The van der Waals surface area contributed by atoms with Crippen LogP contribution in [0.5, 0.6) is 0 Å². The van der Waals surface area contributed by atoms with Gasteiger partial charge in [-0.1, -0.05) is 12.1 Å². The standard InChI is InChI=1S/C24H25N5O3/c25-13-17-4-6-18(7-5-17)22-16-29(28-24(22)31)15-20-9-8-19(14-27-20)23(30)26-11-10-21-3-1-2-12-32-21/h4-9,14,16,21H,1-3,10-12,15H2,(H,26,30)(H,28,31). The molecule has 1 fully saturated rings. The fourth-order valence-electron chi connectivity index (χ4n) is 3.76. The van der Waals surface area contributed by atoms with Crippen molar-refractivity contribution in [2.75, 3.05) is 13.2 Å². The average molecular weight is 431 g/mol. The smallest absolute Gasteiger partial charge is 0.271 e. The zero-order valence-electron chi connectivity index (χ0n) is 17.7. The molecule has 0 radical (unpaired) electrons. The van der Waals surface area contributed by atoms with Crippen LogP contribution < -0.4 is 10.9 Å². The van der Waals surface area contributed by atoms with Gasteiger partial charge in [-0.05, 0) is 55.5 Å². The molecule has 1 atom stereocenters. The van der Waals surface area contributed by atoms with Crippen LogP contribution >= 0.6 is 0 Å². The van der Waals surface area contributed by atoms with Gasteiger partial charge in [0.2, 0.25) is 0 Å². The van der Waals surface area contributed by atoms with Gasteiger partial charge >= 0.3 is 0 Å². The second-order valence-corrected chi connectivity index (χ2v) is 7.87. The van der Waals surface area contributed by atoms with Crippen molar-refractivity contribution in [3.05, 3.63) is 76.0 Å². The monoisotopic (exact) mass is 431 g/mol. The van der Waals surface area contributed by atoms with Gasteiger partial charge in [0, 0.05) is 25.5 Å². The lowest BCUT2D eigenvalue weighted by molar-refractivity contribution is 0.0117. The number of hydrogen-bond donors (Lipinski definition) is 2. The van der Waals surface area contributed by atoms with Crippen LogP contribution in [0.1, 0.15) is 47.3 Å². The quantitative estimate of drug-likeness (QED) is 0.597. The molecule has 0 bridgehead atoms. The van der Waals surface area contributed by atoms with E-state index in [9.17, 15) is 9.59 Å². The molecular weight excluding hydrogens is 406 g/mol. The maximum absolute atomic E-state index is 12.3. The first kappa shape index (κ1) is 21.5. The molecule has 4 rings (SSSR count). The summed E-state index contributed by atoms with van der Waals surface area (Å²) in [6.45, 7) is 1.76. The summed E-state index contributed by atoms with van der Waals surface area (Å²) in [4.78, 5) is 29.0. The number of hydrogen-bond acceptors (Lipinski definition) is 5. The van der Waals surface area contributed by atoms with E-state index in [2.05, 4.69) is 21.5 Å². The van der Waals surface area contributed by atoms with Crippen molar-refractivity contribution >= 4 is 5.91 Å². The highest BCUT2D eigenvalue weighted by molar-refractivity contribution is 5.93. The number of carbonyl (C=O) groups excluding carboxylic acids is 1. The summed E-state index contributed by atoms with van der Waals surface area (Å²) < 4.78 is 7.34. The maximum Gasteiger partial charge on any atom is 0.271 e. The third kappa shape index (κ3) is 5.31. The molecule has 0 spiro atoms. The van der Waals surface area contributed by atoms with Gasteiger partial charge in [-0.25, -0.2) is 0 Å². The van der Waals surface area contributed by atoms with E-state index < -0.39 is 0 Å². The molecule has 1 aromatic carbocycles. The van der Waals surface area contributed by atoms with Crippen molar-refractivity contribution in [1.82, 2.24) is 20.1 Å². The van der Waals surface area contributed by atoms with Gasteiger partial charge in [0.05, 0.1) is 41.1 Å². The van der Waals surface area contributed by atoms with E-state index in [0.29, 0.717) is 29.8 Å². The van der Waals surface area contributed by atoms with Gasteiger partial charge in [-0.2, -0.15) is 5.26 Å². The molecule has 3 aromatic rings. The number of aromatic nitrogens is 3. The van der Waals surface area contributed by atoms with E-state index in [1.807, 2.05) is 0 Å². The number of carbonyl (C=O) groups is 1. The van der Waals surface area contributed by atoms with Crippen LogP contribution in [0, 0.1) is 11.3 Å². The molecule has 1 unspecified atom stereocenters. The van der Waals surface area contributed by atoms with Crippen molar-refractivity contribution < 1.29 is 9.53 Å². The zero-order valence-corrected chi connectivity index (χ0v) is 17.7. The Morgan fingerprint density at radius 3 is 2.78 bits per heavy atom. The number of nitrogens with zero attached hydrogens (tertiary/aromatic N) is 3. The van der Waals surface area contributed by atoms with Crippen molar-refractivity contribution in [3.8, 4) is 17.2 Å². The Kier molecular flexibility index (Phi) is 6.78. The van der Waals surface area contributed by atoms with E-state index in [1.165, 1.54) is 6.42 Å². The number of rotatable bonds is 7. The summed E-state index contributed by atoms with van der Waals surface area (Å²) in [6, 6.07) is 12.4. The van der Waals surface area contributed by atoms with E-state index in [1.54, 1.807) is 53.5 Å². The number of nitriles is 1. The molecule has 2 aromatic heterocycles. The molecule has 8 nitrogen and oxygen atoms in total. The Morgan fingerprint density at radius 1 is 1.25 bits per heavy atom. The van der Waals surface area contributed by atoms with Gasteiger partial charge < -0.3 is 10.1 Å². The molecular formula is C24H25N5O3. The molecule has 1 amide bonds. The zero-order chi connectivity index (χ0) is 22.3. The largest absolute Gasteiger partial charge is 0.378 e. The summed E-state index contributed by atoms with van der Waals surface area (Å²) >= 11 is 0. The molecule has 32 heavy (non-hydrogen) atoms. The highest BCUT2D eigenvalue weighted by Crippen LogP contribution is 2.16. The van der Waals surface area contributed by atoms with Crippen molar-refractivity contribution in [3.63, 3.8) is 0 Å². The summed E-state index contributed by atoms with van der Waals surface area (Å²) in [5.41, 5.74) is 2.80. The van der Waals surface area contributed by atoms with E-state index in [0.717, 1.165) is 37.1 Å². The summed E-state index contributed by atoms with van der Waals surface area (Å²) in [7, 11) is 0. The Balaban J connectivity index is 1.33. The van der Waals surface area contributed by atoms with Gasteiger partial charge in [0.15, 0.2) is 0 Å². The summed E-state index contributed by atoms with van der Waals surface area (Å²) in [5.74, 6) is -0.155. The van der Waals surface area contributed by atoms with Gasteiger partial charge in [0.25, 0.3) is 11.5 Å². The number of ether oxygens (including phenoxy) is 1. The van der Waals surface area contributed by atoms with E-state index >= 15 is 0 Å². The molecule has 1 aliphatic heterocycles. The fourth-order valence-corrected chi connectivity index (χ4v) is 3.76. The molecule has 8 heteroatoms. The van der Waals surface area contributed by atoms with Crippen LogP contribution in [0.3, 0.4) is 0 Å². The van der Waals surface area contributed by atoms with Crippen LogP contribution in [0.2, 0.25) is 0 Å². The van der Waals surface area contributed by atoms with Crippen LogP contribution in [-0.2, 0) is 11.3 Å². The molecule has 0 saturated carbocycles. The third-order valence-corrected chi connectivity index (χ3v) is 5.54. The molecule has 164 valence electrons.